The Morgan fingerprint density at radius 3 is 2.33 bits per heavy atom. The van der Waals surface area contributed by atoms with Crippen molar-refractivity contribution in [2.45, 2.75) is 13.8 Å². The number of methoxy groups -OCH3 is 1. The largest absolute Gasteiger partial charge is 0.497 e. The molecule has 4 rings (SSSR count). The fourth-order valence-corrected chi connectivity index (χ4v) is 3.49. The first-order chi connectivity index (χ1) is 16.0. The van der Waals surface area contributed by atoms with Crippen LogP contribution in [0.25, 0.3) is 6.08 Å². The zero-order valence-corrected chi connectivity index (χ0v) is 18.8. The molecule has 0 amide bonds. The van der Waals surface area contributed by atoms with E-state index >= 15 is 0 Å². The standard InChI is InChI=1S/C27H25NO5/c1-18-13-19(2)15-23(14-18)31-11-12-32-25-10-9-22(30-3)16-21(25)17-24-27(29)33-26(28-24)20-7-5-4-6-8-20/h4-10,13-17H,11-12H2,1-3H3/b24-17+. The van der Waals surface area contributed by atoms with E-state index < -0.39 is 5.97 Å². The molecular weight excluding hydrogens is 418 g/mol. The third-order valence-electron chi connectivity index (χ3n) is 4.96. The van der Waals surface area contributed by atoms with Crippen LogP contribution < -0.4 is 14.2 Å². The van der Waals surface area contributed by atoms with E-state index in [0.717, 1.165) is 22.4 Å². The lowest BCUT2D eigenvalue weighted by molar-refractivity contribution is -0.129. The highest BCUT2D eigenvalue weighted by Crippen LogP contribution is 2.28. The van der Waals surface area contributed by atoms with E-state index in [-0.39, 0.29) is 11.6 Å². The van der Waals surface area contributed by atoms with Gasteiger partial charge in [0.25, 0.3) is 0 Å². The van der Waals surface area contributed by atoms with Gasteiger partial charge in [-0.1, -0.05) is 24.3 Å². The minimum Gasteiger partial charge on any atom is -0.497 e. The lowest BCUT2D eigenvalue weighted by Crippen LogP contribution is -2.10. The molecule has 3 aromatic rings. The van der Waals surface area contributed by atoms with Crippen molar-refractivity contribution in [1.29, 1.82) is 0 Å². The minimum atomic E-state index is -0.513. The van der Waals surface area contributed by atoms with Crippen molar-refractivity contribution in [3.05, 3.63) is 94.7 Å². The van der Waals surface area contributed by atoms with Crippen molar-refractivity contribution in [3.63, 3.8) is 0 Å². The van der Waals surface area contributed by atoms with Crippen molar-refractivity contribution < 1.29 is 23.7 Å². The monoisotopic (exact) mass is 443 g/mol. The number of nitrogens with zero attached hydrogens (tertiary/aromatic N) is 1. The maximum Gasteiger partial charge on any atom is 0.363 e. The smallest absolute Gasteiger partial charge is 0.363 e. The number of benzene rings is 3. The maximum atomic E-state index is 12.4. The summed E-state index contributed by atoms with van der Waals surface area (Å²) in [4.78, 5) is 16.8. The molecule has 6 nitrogen and oxygen atoms in total. The highest BCUT2D eigenvalue weighted by molar-refractivity contribution is 6.12. The summed E-state index contributed by atoms with van der Waals surface area (Å²) in [6.45, 7) is 4.78. The molecule has 0 aromatic heterocycles. The molecule has 0 saturated heterocycles. The van der Waals surface area contributed by atoms with Crippen molar-refractivity contribution in [2.24, 2.45) is 4.99 Å². The summed E-state index contributed by atoms with van der Waals surface area (Å²) in [6.07, 6.45) is 1.64. The molecule has 0 unspecified atom stereocenters. The molecule has 0 atom stereocenters. The molecule has 1 heterocycles. The predicted octanol–water partition coefficient (Wildman–Crippen LogP) is 5.11. The van der Waals surface area contributed by atoms with Gasteiger partial charge < -0.3 is 18.9 Å². The molecule has 0 aliphatic carbocycles. The highest BCUT2D eigenvalue weighted by atomic mass is 16.6. The number of aryl methyl sites for hydroxylation is 2. The Labute approximate surface area is 193 Å². The van der Waals surface area contributed by atoms with Gasteiger partial charge in [0.2, 0.25) is 5.90 Å². The van der Waals surface area contributed by atoms with E-state index in [1.807, 2.05) is 56.3 Å². The average molecular weight is 443 g/mol. The van der Waals surface area contributed by atoms with Gasteiger partial charge in [-0.2, -0.15) is 0 Å². The molecule has 0 N–H and O–H groups in total. The van der Waals surface area contributed by atoms with Crippen LogP contribution in [0.15, 0.2) is 77.4 Å². The topological polar surface area (TPSA) is 66.3 Å². The summed E-state index contributed by atoms with van der Waals surface area (Å²) in [5.74, 6) is 1.80. The van der Waals surface area contributed by atoms with Crippen LogP contribution in [0.2, 0.25) is 0 Å². The number of cyclic esters (lactones) is 1. The van der Waals surface area contributed by atoms with Crippen LogP contribution in [0.5, 0.6) is 17.2 Å². The first-order valence-corrected chi connectivity index (χ1v) is 10.6. The van der Waals surface area contributed by atoms with Gasteiger partial charge in [0.15, 0.2) is 5.70 Å². The van der Waals surface area contributed by atoms with Gasteiger partial charge in [0, 0.05) is 11.1 Å². The number of carbonyl (C=O) groups is 1. The molecular formula is C27H25NO5. The van der Waals surface area contributed by atoms with Gasteiger partial charge in [-0.3, -0.25) is 0 Å². The summed E-state index contributed by atoms with van der Waals surface area (Å²) in [5, 5.41) is 0. The third kappa shape index (κ3) is 5.60. The van der Waals surface area contributed by atoms with E-state index in [1.54, 1.807) is 31.4 Å². The zero-order valence-electron chi connectivity index (χ0n) is 18.8. The number of hydrogen-bond acceptors (Lipinski definition) is 6. The number of ether oxygens (including phenoxy) is 4. The number of hydrogen-bond donors (Lipinski definition) is 0. The Morgan fingerprint density at radius 2 is 1.61 bits per heavy atom. The van der Waals surface area contributed by atoms with E-state index in [0.29, 0.717) is 30.3 Å². The van der Waals surface area contributed by atoms with E-state index in [2.05, 4.69) is 11.1 Å². The van der Waals surface area contributed by atoms with Crippen molar-refractivity contribution in [2.75, 3.05) is 20.3 Å². The van der Waals surface area contributed by atoms with E-state index in [1.165, 1.54) is 0 Å². The molecule has 0 spiro atoms. The molecule has 1 aliphatic heterocycles. The minimum absolute atomic E-state index is 0.193. The molecule has 3 aromatic carbocycles. The number of carbonyl (C=O) groups excluding carboxylic acids is 1. The van der Waals surface area contributed by atoms with Crippen LogP contribution in [0, 0.1) is 13.8 Å². The Balaban J connectivity index is 1.50. The second-order valence-electron chi connectivity index (χ2n) is 7.63. The molecule has 0 bridgehead atoms. The van der Waals surface area contributed by atoms with Gasteiger partial charge in [0.1, 0.15) is 30.5 Å². The van der Waals surface area contributed by atoms with Gasteiger partial charge in [0.05, 0.1) is 7.11 Å². The molecule has 168 valence electrons. The SMILES string of the molecule is COc1ccc(OCCOc2cc(C)cc(C)c2)c(/C=C2/N=C(c3ccccc3)OC2=O)c1. The van der Waals surface area contributed by atoms with E-state index in [9.17, 15) is 4.79 Å². The molecule has 33 heavy (non-hydrogen) atoms. The summed E-state index contributed by atoms with van der Waals surface area (Å²) < 4.78 is 22.5. The van der Waals surface area contributed by atoms with Crippen molar-refractivity contribution in [1.82, 2.24) is 0 Å². The van der Waals surface area contributed by atoms with Crippen LogP contribution in [0.4, 0.5) is 0 Å². The van der Waals surface area contributed by atoms with Gasteiger partial charge >= 0.3 is 5.97 Å². The van der Waals surface area contributed by atoms with Crippen molar-refractivity contribution >= 4 is 17.9 Å². The highest BCUT2D eigenvalue weighted by Gasteiger charge is 2.24. The maximum absolute atomic E-state index is 12.4. The van der Waals surface area contributed by atoms with Crippen LogP contribution >= 0.6 is 0 Å². The molecule has 0 fully saturated rings. The average Bonchev–Trinajstić information content (AvgIpc) is 3.17. The van der Waals surface area contributed by atoms with Crippen LogP contribution in [0.3, 0.4) is 0 Å². The molecule has 6 heteroatoms. The lowest BCUT2D eigenvalue weighted by Gasteiger charge is -2.12. The Hall–Kier alpha value is -4.06. The third-order valence-corrected chi connectivity index (χ3v) is 4.96. The van der Waals surface area contributed by atoms with Gasteiger partial charge in [-0.25, -0.2) is 9.79 Å². The lowest BCUT2D eigenvalue weighted by atomic mass is 10.1. The van der Waals surface area contributed by atoms with E-state index in [4.69, 9.17) is 18.9 Å². The number of aliphatic imine (C=N–C) groups is 1. The second-order valence-corrected chi connectivity index (χ2v) is 7.63. The quantitative estimate of drug-likeness (QED) is 0.275. The summed E-state index contributed by atoms with van der Waals surface area (Å²) in [7, 11) is 1.58. The Kier molecular flexibility index (Phi) is 6.74. The van der Waals surface area contributed by atoms with Crippen LogP contribution in [-0.2, 0) is 9.53 Å². The first-order valence-electron chi connectivity index (χ1n) is 10.6. The normalized spacial score (nSPS) is 14.1. The molecule has 0 saturated carbocycles. The number of rotatable bonds is 8. The van der Waals surface area contributed by atoms with Gasteiger partial charge in [-0.15, -0.1) is 0 Å². The predicted molar refractivity (Wildman–Crippen MR) is 127 cm³/mol. The molecule has 0 radical (unpaired) electrons. The molecule has 1 aliphatic rings. The summed E-state index contributed by atoms with van der Waals surface area (Å²) in [6, 6.07) is 20.8. The van der Waals surface area contributed by atoms with Crippen LogP contribution in [-0.4, -0.2) is 32.2 Å². The fraction of sp³-hybridized carbons (Fsp3) is 0.185. The Morgan fingerprint density at radius 1 is 0.879 bits per heavy atom. The summed E-state index contributed by atoms with van der Waals surface area (Å²) in [5.41, 5.74) is 3.88. The van der Waals surface area contributed by atoms with Crippen molar-refractivity contribution in [3.8, 4) is 17.2 Å². The Bertz CT molecular complexity index is 1190. The van der Waals surface area contributed by atoms with Gasteiger partial charge in [-0.05, 0) is 73.5 Å². The first kappa shape index (κ1) is 22.1. The number of esters is 1. The summed E-state index contributed by atoms with van der Waals surface area (Å²) >= 11 is 0. The fourth-order valence-electron chi connectivity index (χ4n) is 3.49. The zero-order chi connectivity index (χ0) is 23.2. The van der Waals surface area contributed by atoms with Crippen LogP contribution in [0.1, 0.15) is 22.3 Å². The second kappa shape index (κ2) is 10.0.